The van der Waals surface area contributed by atoms with Gasteiger partial charge in [0.2, 0.25) is 0 Å². The highest BCUT2D eigenvalue weighted by Gasteiger charge is 2.67. The van der Waals surface area contributed by atoms with Crippen molar-refractivity contribution in [2.24, 2.45) is 29.6 Å². The zero-order valence-corrected chi connectivity index (χ0v) is 11.4. The Morgan fingerprint density at radius 2 is 2.00 bits per heavy atom. The second kappa shape index (κ2) is 3.86. The maximum atomic E-state index is 5.89. The van der Waals surface area contributed by atoms with Gasteiger partial charge >= 0.3 is 0 Å². The lowest BCUT2D eigenvalue weighted by atomic mass is 9.96. The van der Waals surface area contributed by atoms with Gasteiger partial charge in [-0.1, -0.05) is 6.92 Å². The van der Waals surface area contributed by atoms with Crippen LogP contribution in [0, 0.1) is 36.5 Å². The summed E-state index contributed by atoms with van der Waals surface area (Å²) in [5, 5.41) is 3.68. The lowest BCUT2D eigenvalue weighted by molar-refractivity contribution is 0.323. The molecule has 3 aliphatic rings. The van der Waals surface area contributed by atoms with E-state index in [-0.39, 0.29) is 0 Å². The van der Waals surface area contributed by atoms with Gasteiger partial charge in [-0.15, -0.1) is 0 Å². The second-order valence-corrected chi connectivity index (χ2v) is 6.55. The van der Waals surface area contributed by atoms with Gasteiger partial charge in [-0.25, -0.2) is 0 Å². The van der Waals surface area contributed by atoms with Crippen LogP contribution in [-0.4, -0.2) is 6.54 Å². The lowest BCUT2D eigenvalue weighted by Crippen LogP contribution is -2.25. The molecule has 1 heterocycles. The molecule has 0 aromatic carbocycles. The molecule has 0 saturated heterocycles. The average molecular weight is 245 g/mol. The summed E-state index contributed by atoms with van der Waals surface area (Å²) in [6.07, 6.45) is 4.53. The monoisotopic (exact) mass is 245 g/mol. The van der Waals surface area contributed by atoms with Gasteiger partial charge in [0.25, 0.3) is 0 Å². The van der Waals surface area contributed by atoms with Crippen molar-refractivity contribution < 1.29 is 4.42 Å². The molecule has 98 valence electrons. The van der Waals surface area contributed by atoms with Crippen molar-refractivity contribution in [3.63, 3.8) is 0 Å². The first-order valence-electron chi connectivity index (χ1n) is 7.59. The first kappa shape index (κ1) is 11.1. The van der Waals surface area contributed by atoms with Gasteiger partial charge in [0, 0.05) is 0 Å². The normalized spacial score (nSPS) is 42.0. The minimum atomic E-state index is 0.474. The highest BCUT2D eigenvalue weighted by Crippen LogP contribution is 2.72. The Kier molecular flexibility index (Phi) is 2.38. The summed E-state index contributed by atoms with van der Waals surface area (Å²) in [6.45, 7) is 5.29. The largest absolute Gasteiger partial charge is 0.465 e. The van der Waals surface area contributed by atoms with Crippen molar-refractivity contribution in [1.29, 1.82) is 0 Å². The number of hydrogen-bond donors (Lipinski definition) is 1. The number of nitrogens with one attached hydrogen (secondary N) is 1. The van der Waals surface area contributed by atoms with E-state index in [1.54, 1.807) is 0 Å². The van der Waals surface area contributed by atoms with Crippen LogP contribution in [0.2, 0.25) is 0 Å². The van der Waals surface area contributed by atoms with Crippen LogP contribution in [0.1, 0.15) is 43.7 Å². The molecule has 1 N–H and O–H groups in total. The average Bonchev–Trinajstić information content (AvgIpc) is 2.73. The lowest BCUT2D eigenvalue weighted by Gasteiger charge is -2.19. The number of hydrogen-bond acceptors (Lipinski definition) is 2. The van der Waals surface area contributed by atoms with Crippen LogP contribution in [0.25, 0.3) is 0 Å². The van der Waals surface area contributed by atoms with E-state index in [1.807, 2.05) is 6.92 Å². The SMILES string of the molecule is CCNC(c1ccc(C)o1)C1C2C3CCC(C3)C21. The second-order valence-electron chi connectivity index (χ2n) is 6.55. The van der Waals surface area contributed by atoms with Crippen molar-refractivity contribution in [1.82, 2.24) is 5.32 Å². The molecule has 3 fully saturated rings. The molecule has 0 amide bonds. The highest BCUT2D eigenvalue weighted by atomic mass is 16.3. The molecule has 3 saturated carbocycles. The molecule has 0 aliphatic heterocycles. The van der Waals surface area contributed by atoms with E-state index < -0.39 is 0 Å². The summed E-state index contributed by atoms with van der Waals surface area (Å²) in [6, 6.07) is 4.76. The molecule has 18 heavy (non-hydrogen) atoms. The van der Waals surface area contributed by atoms with Gasteiger partial charge in [0.05, 0.1) is 6.04 Å². The van der Waals surface area contributed by atoms with Crippen molar-refractivity contribution in [2.75, 3.05) is 6.54 Å². The third-order valence-electron chi connectivity index (χ3n) is 5.67. The molecule has 1 aromatic heterocycles. The zero-order valence-electron chi connectivity index (χ0n) is 11.4. The van der Waals surface area contributed by atoms with E-state index in [9.17, 15) is 0 Å². The van der Waals surface area contributed by atoms with E-state index in [2.05, 4.69) is 24.4 Å². The first-order chi connectivity index (χ1) is 8.79. The maximum Gasteiger partial charge on any atom is 0.121 e. The topological polar surface area (TPSA) is 25.2 Å². The van der Waals surface area contributed by atoms with E-state index in [0.717, 1.165) is 41.9 Å². The van der Waals surface area contributed by atoms with Crippen LogP contribution in [0.4, 0.5) is 0 Å². The molecular formula is C16H23NO. The van der Waals surface area contributed by atoms with Crippen LogP contribution in [0.15, 0.2) is 16.5 Å². The van der Waals surface area contributed by atoms with Gasteiger partial charge in [-0.2, -0.15) is 0 Å². The van der Waals surface area contributed by atoms with Gasteiger partial charge in [0.15, 0.2) is 0 Å². The fourth-order valence-corrected chi connectivity index (χ4v) is 5.11. The number of rotatable bonds is 4. The van der Waals surface area contributed by atoms with Crippen LogP contribution in [-0.2, 0) is 0 Å². The van der Waals surface area contributed by atoms with Crippen molar-refractivity contribution >= 4 is 0 Å². The smallest absolute Gasteiger partial charge is 0.121 e. The Labute approximate surface area is 109 Å². The van der Waals surface area contributed by atoms with Gasteiger partial charge in [0.1, 0.15) is 11.5 Å². The van der Waals surface area contributed by atoms with E-state index >= 15 is 0 Å². The Balaban J connectivity index is 1.58. The predicted octanol–water partition coefficient (Wildman–Crippen LogP) is 3.53. The molecule has 2 heteroatoms. The minimum absolute atomic E-state index is 0.474. The summed E-state index contributed by atoms with van der Waals surface area (Å²) < 4.78 is 5.89. The van der Waals surface area contributed by atoms with E-state index in [1.165, 1.54) is 25.0 Å². The molecule has 4 rings (SSSR count). The Bertz CT molecular complexity index is 436. The first-order valence-corrected chi connectivity index (χ1v) is 7.59. The Morgan fingerprint density at radius 3 is 2.56 bits per heavy atom. The molecular weight excluding hydrogens is 222 g/mol. The Hall–Kier alpha value is -0.760. The van der Waals surface area contributed by atoms with Gasteiger partial charge < -0.3 is 9.73 Å². The third-order valence-corrected chi connectivity index (χ3v) is 5.67. The van der Waals surface area contributed by atoms with Crippen LogP contribution >= 0.6 is 0 Å². The summed E-state index contributed by atoms with van der Waals surface area (Å²) >= 11 is 0. The molecule has 2 nitrogen and oxygen atoms in total. The number of furan rings is 1. The van der Waals surface area contributed by atoms with E-state index in [0.29, 0.717) is 6.04 Å². The van der Waals surface area contributed by atoms with Crippen LogP contribution in [0.5, 0.6) is 0 Å². The number of fused-ring (bicyclic) bond motifs is 5. The molecule has 2 bridgehead atoms. The summed E-state index contributed by atoms with van der Waals surface area (Å²) in [5.74, 6) is 7.19. The minimum Gasteiger partial charge on any atom is -0.465 e. The molecule has 0 radical (unpaired) electrons. The predicted molar refractivity (Wildman–Crippen MR) is 71.2 cm³/mol. The summed E-state index contributed by atoms with van der Waals surface area (Å²) in [4.78, 5) is 0. The maximum absolute atomic E-state index is 5.89. The number of aryl methyl sites for hydroxylation is 1. The van der Waals surface area contributed by atoms with Gasteiger partial charge in [-0.05, 0) is 74.5 Å². The standard InChI is InChI=1S/C16H23NO/c1-3-17-16(12-7-4-9(2)18-12)15-13-10-5-6-11(8-10)14(13)15/h4,7,10-11,13-17H,3,5-6,8H2,1-2H3. The molecule has 5 unspecified atom stereocenters. The fourth-order valence-electron chi connectivity index (χ4n) is 5.11. The highest BCUT2D eigenvalue weighted by molar-refractivity contribution is 5.21. The molecule has 1 aromatic rings. The molecule has 5 atom stereocenters. The van der Waals surface area contributed by atoms with Gasteiger partial charge in [-0.3, -0.25) is 0 Å². The summed E-state index contributed by atoms with van der Waals surface area (Å²) in [7, 11) is 0. The van der Waals surface area contributed by atoms with Crippen LogP contribution < -0.4 is 5.32 Å². The van der Waals surface area contributed by atoms with Crippen molar-refractivity contribution in [3.8, 4) is 0 Å². The zero-order chi connectivity index (χ0) is 12.3. The fraction of sp³-hybridized carbons (Fsp3) is 0.750. The van der Waals surface area contributed by atoms with Crippen molar-refractivity contribution in [3.05, 3.63) is 23.7 Å². The van der Waals surface area contributed by atoms with E-state index in [4.69, 9.17) is 4.42 Å². The Morgan fingerprint density at radius 1 is 1.28 bits per heavy atom. The summed E-state index contributed by atoms with van der Waals surface area (Å²) in [5.41, 5.74) is 0. The molecule has 3 aliphatic carbocycles. The molecule has 0 spiro atoms. The third kappa shape index (κ3) is 1.45. The quantitative estimate of drug-likeness (QED) is 0.878. The van der Waals surface area contributed by atoms with Crippen molar-refractivity contribution in [2.45, 2.75) is 39.2 Å². The van der Waals surface area contributed by atoms with Crippen LogP contribution in [0.3, 0.4) is 0 Å².